The van der Waals surface area contributed by atoms with Crippen LogP contribution in [0.4, 0.5) is 17.1 Å². The molecule has 0 aliphatic heterocycles. The van der Waals surface area contributed by atoms with Gasteiger partial charge >= 0.3 is 0 Å². The van der Waals surface area contributed by atoms with Crippen molar-refractivity contribution in [3.8, 4) is 27.9 Å². The van der Waals surface area contributed by atoms with E-state index in [-0.39, 0.29) is 0 Å². The van der Waals surface area contributed by atoms with Gasteiger partial charge in [0.15, 0.2) is 5.58 Å². The number of aromatic nitrogens is 1. The highest BCUT2D eigenvalue weighted by atomic mass is 16.3. The molecule has 3 heteroatoms. The van der Waals surface area contributed by atoms with Crippen molar-refractivity contribution >= 4 is 71.6 Å². The number of hydrogen-bond acceptors (Lipinski definition) is 2. The van der Waals surface area contributed by atoms with Crippen molar-refractivity contribution in [1.29, 1.82) is 0 Å². The third-order valence-corrected chi connectivity index (χ3v) is 10.9. The molecule has 258 valence electrons. The number of hydrogen-bond donors (Lipinski definition) is 0. The van der Waals surface area contributed by atoms with Gasteiger partial charge in [-0.1, -0.05) is 140 Å². The van der Waals surface area contributed by atoms with Gasteiger partial charge in [-0.05, 0) is 99.8 Å². The van der Waals surface area contributed by atoms with Crippen molar-refractivity contribution in [2.24, 2.45) is 0 Å². The molecule has 0 unspecified atom stereocenters. The summed E-state index contributed by atoms with van der Waals surface area (Å²) >= 11 is 0. The van der Waals surface area contributed by atoms with Gasteiger partial charge in [-0.15, -0.1) is 0 Å². The van der Waals surface area contributed by atoms with Crippen LogP contribution in [0.25, 0.3) is 82.5 Å². The summed E-state index contributed by atoms with van der Waals surface area (Å²) in [5, 5.41) is 7.18. The second-order valence-electron chi connectivity index (χ2n) is 14.2. The van der Waals surface area contributed by atoms with Gasteiger partial charge in [-0.3, -0.25) is 0 Å². The van der Waals surface area contributed by atoms with Crippen molar-refractivity contribution < 1.29 is 4.42 Å². The molecule has 2 aromatic heterocycles. The van der Waals surface area contributed by atoms with E-state index in [0.29, 0.717) is 0 Å². The fourth-order valence-electron chi connectivity index (χ4n) is 8.35. The lowest BCUT2D eigenvalue weighted by atomic mass is 10.0. The molecule has 0 aliphatic carbocycles. The van der Waals surface area contributed by atoms with Crippen LogP contribution in [-0.2, 0) is 0 Å². The number of rotatable bonds is 6. The smallest absolute Gasteiger partial charge is 0.159 e. The molecule has 3 nitrogen and oxygen atoms in total. The van der Waals surface area contributed by atoms with E-state index in [9.17, 15) is 0 Å². The summed E-state index contributed by atoms with van der Waals surface area (Å²) in [5.74, 6) is 0. The molecule has 0 spiro atoms. The van der Waals surface area contributed by atoms with E-state index in [1.54, 1.807) is 0 Å². The standard InChI is InChI=1S/C52H34N2O/c1-3-14-35(15-4-1)36-18-11-22-42(30-36)53(48-26-13-25-46-45-24-9-10-27-51(45)55-52(46)48)43-23-12-19-37(31-43)40-28-29-44-47-32-38-16-7-8-17-39(38)33-50(47)54(49(44)34-40)41-20-5-2-6-21-41/h1-34H. The highest BCUT2D eigenvalue weighted by molar-refractivity contribution is 6.14. The molecule has 0 amide bonds. The van der Waals surface area contributed by atoms with E-state index in [1.165, 1.54) is 38.1 Å². The molecule has 2 heterocycles. The Bertz CT molecular complexity index is 3210. The van der Waals surface area contributed by atoms with E-state index < -0.39 is 0 Å². The van der Waals surface area contributed by atoms with Crippen LogP contribution in [0.15, 0.2) is 211 Å². The summed E-state index contributed by atoms with van der Waals surface area (Å²) in [5.41, 5.74) is 13.0. The molecular weight excluding hydrogens is 669 g/mol. The average molecular weight is 703 g/mol. The molecule has 0 radical (unpaired) electrons. The van der Waals surface area contributed by atoms with Crippen molar-refractivity contribution in [1.82, 2.24) is 4.57 Å². The fraction of sp³-hybridized carbons (Fsp3) is 0. The van der Waals surface area contributed by atoms with E-state index in [4.69, 9.17) is 4.42 Å². The maximum atomic E-state index is 6.65. The van der Waals surface area contributed by atoms with Gasteiger partial charge in [-0.25, -0.2) is 0 Å². The van der Waals surface area contributed by atoms with Gasteiger partial charge in [0.05, 0.1) is 16.7 Å². The van der Waals surface area contributed by atoms with Crippen LogP contribution in [0, 0.1) is 0 Å². The largest absolute Gasteiger partial charge is 0.454 e. The first-order valence-corrected chi connectivity index (χ1v) is 18.8. The molecule has 0 saturated heterocycles. The third-order valence-electron chi connectivity index (χ3n) is 10.9. The zero-order valence-electron chi connectivity index (χ0n) is 29.9. The molecule has 0 N–H and O–H groups in total. The lowest BCUT2D eigenvalue weighted by Gasteiger charge is -2.26. The summed E-state index contributed by atoms with van der Waals surface area (Å²) in [7, 11) is 0. The van der Waals surface area contributed by atoms with E-state index in [2.05, 4.69) is 204 Å². The topological polar surface area (TPSA) is 21.3 Å². The number of benzene rings is 9. The molecule has 0 aliphatic rings. The first-order chi connectivity index (χ1) is 27.3. The number of anilines is 3. The minimum Gasteiger partial charge on any atom is -0.454 e. The Kier molecular flexibility index (Phi) is 7.17. The van der Waals surface area contributed by atoms with E-state index in [0.717, 1.165) is 61.4 Å². The van der Waals surface area contributed by atoms with Crippen LogP contribution in [-0.4, -0.2) is 4.57 Å². The maximum absolute atomic E-state index is 6.65. The van der Waals surface area contributed by atoms with Crippen LogP contribution in [0.1, 0.15) is 0 Å². The quantitative estimate of drug-likeness (QED) is 0.172. The number of fused-ring (bicyclic) bond motifs is 7. The SMILES string of the molecule is c1ccc(-c2cccc(N(c3cccc(-c4ccc5c6cc7ccccc7cc6n(-c6ccccc6)c5c4)c3)c3cccc4c3oc3ccccc34)c2)cc1. The van der Waals surface area contributed by atoms with Crippen LogP contribution < -0.4 is 4.90 Å². The minimum atomic E-state index is 0.861. The van der Waals surface area contributed by atoms with Gasteiger partial charge in [0, 0.05) is 38.6 Å². The van der Waals surface area contributed by atoms with E-state index >= 15 is 0 Å². The zero-order chi connectivity index (χ0) is 36.3. The fourth-order valence-corrected chi connectivity index (χ4v) is 8.35. The predicted octanol–water partition coefficient (Wildman–Crippen LogP) is 14.6. The monoisotopic (exact) mass is 702 g/mol. The third kappa shape index (κ3) is 5.20. The van der Waals surface area contributed by atoms with Gasteiger partial charge in [0.1, 0.15) is 5.58 Å². The summed E-state index contributed by atoms with van der Waals surface area (Å²) < 4.78 is 9.06. The Labute approximate surface area is 318 Å². The Morgan fingerprint density at radius 2 is 0.945 bits per heavy atom. The molecule has 0 atom stereocenters. The van der Waals surface area contributed by atoms with Gasteiger partial charge in [-0.2, -0.15) is 0 Å². The molecule has 0 saturated carbocycles. The Hall–Kier alpha value is -7.36. The molecule has 11 rings (SSSR count). The molecule has 0 bridgehead atoms. The van der Waals surface area contributed by atoms with Crippen molar-refractivity contribution in [2.75, 3.05) is 4.90 Å². The summed E-state index contributed by atoms with van der Waals surface area (Å²) in [6, 6.07) is 73.9. The zero-order valence-corrected chi connectivity index (χ0v) is 29.9. The Morgan fingerprint density at radius 3 is 1.73 bits per heavy atom. The second kappa shape index (κ2) is 12.6. The van der Waals surface area contributed by atoms with Crippen molar-refractivity contribution in [2.45, 2.75) is 0 Å². The number of nitrogens with zero attached hydrogens (tertiary/aromatic N) is 2. The van der Waals surface area contributed by atoms with Crippen molar-refractivity contribution in [3.05, 3.63) is 206 Å². The first kappa shape index (κ1) is 31.2. The summed E-state index contributed by atoms with van der Waals surface area (Å²) in [6.07, 6.45) is 0. The minimum absolute atomic E-state index is 0.861. The summed E-state index contributed by atoms with van der Waals surface area (Å²) in [6.45, 7) is 0. The van der Waals surface area contributed by atoms with Gasteiger partial charge in [0.25, 0.3) is 0 Å². The predicted molar refractivity (Wildman–Crippen MR) is 231 cm³/mol. The second-order valence-corrected chi connectivity index (χ2v) is 14.2. The maximum Gasteiger partial charge on any atom is 0.159 e. The van der Waals surface area contributed by atoms with Crippen molar-refractivity contribution in [3.63, 3.8) is 0 Å². The van der Waals surface area contributed by atoms with Crippen LogP contribution in [0.5, 0.6) is 0 Å². The number of para-hydroxylation sites is 3. The molecule has 11 aromatic rings. The molecule has 55 heavy (non-hydrogen) atoms. The highest BCUT2D eigenvalue weighted by Crippen LogP contribution is 2.44. The van der Waals surface area contributed by atoms with Gasteiger partial charge in [0.2, 0.25) is 0 Å². The molecule has 0 fully saturated rings. The first-order valence-electron chi connectivity index (χ1n) is 18.8. The van der Waals surface area contributed by atoms with Crippen LogP contribution in [0.3, 0.4) is 0 Å². The summed E-state index contributed by atoms with van der Waals surface area (Å²) in [4.78, 5) is 2.34. The molecular formula is C52H34N2O. The molecule has 9 aromatic carbocycles. The highest BCUT2D eigenvalue weighted by Gasteiger charge is 2.21. The average Bonchev–Trinajstić information content (AvgIpc) is 3.79. The normalized spacial score (nSPS) is 11.6. The van der Waals surface area contributed by atoms with E-state index in [1.807, 2.05) is 12.1 Å². The lowest BCUT2D eigenvalue weighted by molar-refractivity contribution is 0.669. The Morgan fingerprint density at radius 1 is 0.364 bits per heavy atom. The lowest BCUT2D eigenvalue weighted by Crippen LogP contribution is -2.10. The van der Waals surface area contributed by atoms with Gasteiger partial charge < -0.3 is 13.9 Å². The van der Waals surface area contributed by atoms with Crippen LogP contribution >= 0.6 is 0 Å². The Balaban J connectivity index is 1.12. The van der Waals surface area contributed by atoms with Crippen LogP contribution in [0.2, 0.25) is 0 Å². The number of furan rings is 1.